The van der Waals surface area contributed by atoms with Crippen LogP contribution in [0.15, 0.2) is 0 Å². The number of nitrogens with zero attached hydrogens (tertiary/aromatic N) is 1. The number of hydrogen-bond acceptors (Lipinski definition) is 8. The van der Waals surface area contributed by atoms with E-state index in [0.29, 0.717) is 4.90 Å². The number of aliphatic hydroxyl groups excluding tert-OH is 2. The predicted molar refractivity (Wildman–Crippen MR) is 63.7 cm³/mol. The first-order chi connectivity index (χ1) is 10.1. The Labute approximate surface area is 122 Å². The fourth-order valence-corrected chi connectivity index (χ4v) is 2.41. The van der Waals surface area contributed by atoms with Crippen molar-refractivity contribution >= 4 is 25.7 Å². The number of carbonyl (C=O) groups excluding carboxylic acids is 3. The summed E-state index contributed by atoms with van der Waals surface area (Å²) in [5, 5.41) is 21.4. The van der Waals surface area contributed by atoms with E-state index in [4.69, 9.17) is 14.5 Å². The van der Waals surface area contributed by atoms with Crippen LogP contribution in [0.5, 0.6) is 0 Å². The number of phosphoric acid groups is 1. The number of phosphoric ester groups is 1. The highest BCUT2D eigenvalue weighted by molar-refractivity contribution is 7.46. The molecule has 4 unspecified atom stereocenters. The molecular weight excluding hydrogens is 327 g/mol. The molecular formula is C9H13N2O10P. The lowest BCUT2D eigenvalue weighted by Crippen LogP contribution is -2.59. The molecule has 0 spiro atoms. The Hall–Kier alpha value is -1.40. The van der Waals surface area contributed by atoms with Gasteiger partial charge in [-0.05, 0) is 0 Å². The number of imide groups is 2. The van der Waals surface area contributed by atoms with Gasteiger partial charge < -0.3 is 24.7 Å². The highest BCUT2D eigenvalue weighted by Gasteiger charge is 2.50. The lowest BCUT2D eigenvalue weighted by atomic mass is 10.1. The molecule has 0 saturated carbocycles. The van der Waals surface area contributed by atoms with Gasteiger partial charge in [-0.15, -0.1) is 0 Å². The van der Waals surface area contributed by atoms with Crippen molar-refractivity contribution in [3.8, 4) is 0 Å². The molecule has 22 heavy (non-hydrogen) atoms. The molecule has 2 aliphatic rings. The Balaban J connectivity index is 2.09. The number of aliphatic hydroxyl groups is 2. The summed E-state index contributed by atoms with van der Waals surface area (Å²) in [7, 11) is -4.83. The summed E-state index contributed by atoms with van der Waals surface area (Å²) in [5.41, 5.74) is 0. The van der Waals surface area contributed by atoms with Crippen LogP contribution in [0.25, 0.3) is 0 Å². The predicted octanol–water partition coefficient (Wildman–Crippen LogP) is -2.99. The van der Waals surface area contributed by atoms with Gasteiger partial charge in [0.15, 0.2) is 6.23 Å². The second kappa shape index (κ2) is 6.01. The molecule has 0 radical (unpaired) electrons. The number of hydrogen-bond donors (Lipinski definition) is 5. The van der Waals surface area contributed by atoms with Gasteiger partial charge in [0.2, 0.25) is 11.8 Å². The van der Waals surface area contributed by atoms with Gasteiger partial charge in [-0.2, -0.15) is 0 Å². The van der Waals surface area contributed by atoms with Crippen molar-refractivity contribution in [2.75, 3.05) is 6.61 Å². The molecule has 2 rings (SSSR count). The third kappa shape index (κ3) is 3.50. The van der Waals surface area contributed by atoms with Gasteiger partial charge in [0.1, 0.15) is 24.7 Å². The Morgan fingerprint density at radius 2 is 1.91 bits per heavy atom. The molecule has 13 heteroatoms. The van der Waals surface area contributed by atoms with E-state index in [-0.39, 0.29) is 0 Å². The second-order valence-corrected chi connectivity index (χ2v) is 5.87. The summed E-state index contributed by atoms with van der Waals surface area (Å²) in [6.07, 6.45) is -7.02. The summed E-state index contributed by atoms with van der Waals surface area (Å²) in [5.74, 6) is -1.76. The Morgan fingerprint density at radius 3 is 2.45 bits per heavy atom. The van der Waals surface area contributed by atoms with Crippen LogP contribution < -0.4 is 5.32 Å². The van der Waals surface area contributed by atoms with Crippen LogP contribution in [0, 0.1) is 0 Å². The fraction of sp³-hybridized carbons (Fsp3) is 0.667. The summed E-state index contributed by atoms with van der Waals surface area (Å²) in [4.78, 5) is 51.9. The van der Waals surface area contributed by atoms with E-state index in [0.717, 1.165) is 0 Å². The topological polar surface area (TPSA) is 183 Å². The lowest BCUT2D eigenvalue weighted by molar-refractivity contribution is -0.150. The third-order valence-electron chi connectivity index (χ3n) is 3.04. The summed E-state index contributed by atoms with van der Waals surface area (Å²) in [6, 6.07) is -1.13. The summed E-state index contributed by atoms with van der Waals surface area (Å²) in [6.45, 7) is -0.776. The number of urea groups is 1. The van der Waals surface area contributed by atoms with Crippen LogP contribution in [0.1, 0.15) is 6.42 Å². The maximum Gasteiger partial charge on any atom is 0.469 e. The summed E-state index contributed by atoms with van der Waals surface area (Å²) >= 11 is 0. The van der Waals surface area contributed by atoms with Crippen molar-refractivity contribution in [3.63, 3.8) is 0 Å². The molecule has 0 aromatic carbocycles. The van der Waals surface area contributed by atoms with E-state index in [1.54, 1.807) is 0 Å². The molecule has 2 aliphatic heterocycles. The zero-order valence-electron chi connectivity index (χ0n) is 10.9. The van der Waals surface area contributed by atoms with Crippen molar-refractivity contribution in [1.82, 2.24) is 10.2 Å². The highest BCUT2D eigenvalue weighted by atomic mass is 31.2. The van der Waals surface area contributed by atoms with Gasteiger partial charge in [0.05, 0.1) is 6.61 Å². The van der Waals surface area contributed by atoms with Crippen LogP contribution in [0.3, 0.4) is 0 Å². The van der Waals surface area contributed by atoms with Crippen LogP contribution >= 0.6 is 7.82 Å². The van der Waals surface area contributed by atoms with Crippen molar-refractivity contribution in [1.29, 1.82) is 0 Å². The molecule has 2 fully saturated rings. The molecule has 4 atom stereocenters. The quantitative estimate of drug-likeness (QED) is 0.261. The van der Waals surface area contributed by atoms with E-state index < -0.39 is 63.2 Å². The Bertz CT molecular complexity index is 527. The average molecular weight is 340 g/mol. The number of amides is 4. The van der Waals surface area contributed by atoms with Gasteiger partial charge in [-0.1, -0.05) is 0 Å². The van der Waals surface area contributed by atoms with E-state index >= 15 is 0 Å². The molecule has 0 aromatic rings. The SMILES string of the molecule is O=C1CC(=O)N(C2OC(COP(=O)(O)O)C(O)C2O)C(=O)N1. The standard InChI is InChI=1S/C9H13N2O10P/c12-4-1-5(13)11(9(16)10-4)8-7(15)6(14)3(21-8)2-20-22(17,18)19/h3,6-8,14-15H,1-2H2,(H,10,12,16)(H2,17,18,19). The lowest BCUT2D eigenvalue weighted by Gasteiger charge is -2.30. The van der Waals surface area contributed by atoms with E-state index in [1.807, 2.05) is 5.32 Å². The Morgan fingerprint density at radius 1 is 1.27 bits per heavy atom. The molecule has 2 heterocycles. The maximum absolute atomic E-state index is 11.7. The molecule has 12 nitrogen and oxygen atoms in total. The second-order valence-electron chi connectivity index (χ2n) is 4.63. The minimum atomic E-state index is -4.83. The molecule has 0 aromatic heterocycles. The first-order valence-electron chi connectivity index (χ1n) is 5.97. The number of nitrogens with one attached hydrogen (secondary N) is 1. The minimum Gasteiger partial charge on any atom is -0.387 e. The summed E-state index contributed by atoms with van der Waals surface area (Å²) < 4.78 is 19.8. The van der Waals surface area contributed by atoms with Crippen molar-refractivity contribution < 1.29 is 48.2 Å². The van der Waals surface area contributed by atoms with Crippen LogP contribution in [-0.2, 0) is 23.4 Å². The largest absolute Gasteiger partial charge is 0.469 e. The number of carbonyl (C=O) groups is 3. The first-order valence-corrected chi connectivity index (χ1v) is 7.51. The van der Waals surface area contributed by atoms with Crippen molar-refractivity contribution in [3.05, 3.63) is 0 Å². The fourth-order valence-electron chi connectivity index (χ4n) is 2.07. The van der Waals surface area contributed by atoms with Gasteiger partial charge in [-0.25, -0.2) is 14.3 Å². The minimum absolute atomic E-state index is 0.423. The Kier molecular flexibility index (Phi) is 4.63. The van der Waals surface area contributed by atoms with Crippen LogP contribution in [0.2, 0.25) is 0 Å². The first kappa shape index (κ1) is 17.0. The molecule has 0 bridgehead atoms. The van der Waals surface area contributed by atoms with E-state index in [2.05, 4.69) is 4.52 Å². The average Bonchev–Trinajstić information content (AvgIpc) is 2.63. The molecule has 5 N–H and O–H groups in total. The van der Waals surface area contributed by atoms with E-state index in [1.165, 1.54) is 0 Å². The van der Waals surface area contributed by atoms with Gasteiger partial charge in [-0.3, -0.25) is 19.4 Å². The van der Waals surface area contributed by atoms with Gasteiger partial charge in [0, 0.05) is 0 Å². The van der Waals surface area contributed by atoms with Gasteiger partial charge >= 0.3 is 13.9 Å². The highest BCUT2D eigenvalue weighted by Crippen LogP contribution is 2.37. The number of rotatable bonds is 4. The monoisotopic (exact) mass is 340 g/mol. The van der Waals surface area contributed by atoms with E-state index in [9.17, 15) is 29.2 Å². The van der Waals surface area contributed by atoms with Crippen LogP contribution in [-0.4, -0.2) is 73.9 Å². The smallest absolute Gasteiger partial charge is 0.387 e. The zero-order chi connectivity index (χ0) is 16.7. The molecule has 2 saturated heterocycles. The normalized spacial score (nSPS) is 33.3. The molecule has 4 amide bonds. The maximum atomic E-state index is 11.7. The number of ether oxygens (including phenoxy) is 1. The molecule has 0 aliphatic carbocycles. The third-order valence-corrected chi connectivity index (χ3v) is 3.53. The van der Waals surface area contributed by atoms with Crippen molar-refractivity contribution in [2.24, 2.45) is 0 Å². The van der Waals surface area contributed by atoms with Crippen molar-refractivity contribution in [2.45, 2.75) is 31.0 Å². The zero-order valence-corrected chi connectivity index (χ0v) is 11.8. The number of barbiturate groups is 1. The van der Waals surface area contributed by atoms with Gasteiger partial charge in [0.25, 0.3) is 0 Å². The van der Waals surface area contributed by atoms with Crippen LogP contribution in [0.4, 0.5) is 4.79 Å². The molecule has 124 valence electrons.